The molecule has 1 atom stereocenters. The molecule has 1 rings (SSSR count). The molecule has 1 aliphatic rings. The van der Waals surface area contributed by atoms with E-state index in [1.165, 1.54) is 0 Å². The number of hydrogen-bond acceptors (Lipinski definition) is 2. The summed E-state index contributed by atoms with van der Waals surface area (Å²) in [6.07, 6.45) is 2.12. The maximum atomic E-state index is 5.83. The highest BCUT2D eigenvalue weighted by Gasteiger charge is 2.22. The largest absolute Gasteiger partial charge is 0.379 e. The maximum Gasteiger partial charge on any atom is 0.104 e. The van der Waals surface area contributed by atoms with E-state index >= 15 is 0 Å². The molecule has 1 aliphatic heterocycles. The minimum absolute atomic E-state index is 0.359. The summed E-state index contributed by atoms with van der Waals surface area (Å²) in [5, 5.41) is 0. The van der Waals surface area contributed by atoms with Crippen molar-refractivity contribution in [2.75, 3.05) is 19.8 Å². The molecule has 0 aromatic rings. The van der Waals surface area contributed by atoms with E-state index in [9.17, 15) is 0 Å². The zero-order valence-electron chi connectivity index (χ0n) is 7.19. The van der Waals surface area contributed by atoms with Crippen LogP contribution in [0.2, 0.25) is 0 Å². The Morgan fingerprint density at radius 1 is 1.58 bits per heavy atom. The standard InChI is InChI=1S/C7H14Cl2O2Si/c8-7(9,12)2-1-3-10-4-6-5-11-6/h6H,1-5H2,12H3. The lowest BCUT2D eigenvalue weighted by Crippen LogP contribution is -2.13. The van der Waals surface area contributed by atoms with E-state index in [0.29, 0.717) is 6.10 Å². The van der Waals surface area contributed by atoms with Crippen LogP contribution >= 0.6 is 23.2 Å². The molecule has 1 unspecified atom stereocenters. The molecule has 1 heterocycles. The molecule has 0 aromatic carbocycles. The lowest BCUT2D eigenvalue weighted by Gasteiger charge is -2.12. The van der Waals surface area contributed by atoms with Gasteiger partial charge in [0.05, 0.1) is 17.2 Å². The molecule has 0 amide bonds. The summed E-state index contributed by atoms with van der Waals surface area (Å²) >= 11 is 11.7. The van der Waals surface area contributed by atoms with E-state index in [1.807, 2.05) is 0 Å². The number of alkyl halides is 2. The van der Waals surface area contributed by atoms with Crippen molar-refractivity contribution < 1.29 is 9.47 Å². The van der Waals surface area contributed by atoms with Gasteiger partial charge >= 0.3 is 0 Å². The van der Waals surface area contributed by atoms with Gasteiger partial charge < -0.3 is 9.47 Å². The van der Waals surface area contributed by atoms with Crippen LogP contribution in [0, 0.1) is 0 Å². The van der Waals surface area contributed by atoms with Gasteiger partial charge in [-0.1, -0.05) is 0 Å². The molecule has 1 saturated heterocycles. The van der Waals surface area contributed by atoms with Crippen molar-refractivity contribution in [2.24, 2.45) is 0 Å². The molecule has 2 nitrogen and oxygen atoms in total. The van der Waals surface area contributed by atoms with Crippen LogP contribution in [0.25, 0.3) is 0 Å². The van der Waals surface area contributed by atoms with Crippen LogP contribution in [0.4, 0.5) is 0 Å². The van der Waals surface area contributed by atoms with E-state index in [4.69, 9.17) is 32.7 Å². The van der Waals surface area contributed by atoms with Crippen molar-refractivity contribution >= 4 is 33.4 Å². The number of ether oxygens (including phenoxy) is 2. The highest BCUT2D eigenvalue weighted by atomic mass is 35.5. The van der Waals surface area contributed by atoms with Gasteiger partial charge in [-0.05, 0) is 12.8 Å². The Labute approximate surface area is 85.9 Å². The molecule has 0 spiro atoms. The topological polar surface area (TPSA) is 21.8 Å². The number of epoxide rings is 1. The summed E-state index contributed by atoms with van der Waals surface area (Å²) in [6.45, 7) is 2.32. The first kappa shape index (κ1) is 10.8. The molecule has 0 bridgehead atoms. The van der Waals surface area contributed by atoms with Crippen LogP contribution in [0.15, 0.2) is 0 Å². The van der Waals surface area contributed by atoms with Crippen LogP contribution < -0.4 is 0 Å². The van der Waals surface area contributed by atoms with Crippen LogP contribution in [-0.2, 0) is 9.47 Å². The molecular weight excluding hydrogens is 215 g/mol. The third-order valence-electron chi connectivity index (χ3n) is 1.61. The van der Waals surface area contributed by atoms with Gasteiger partial charge in [-0.3, -0.25) is 0 Å². The highest BCUT2D eigenvalue weighted by molar-refractivity contribution is 6.65. The summed E-state index contributed by atoms with van der Waals surface area (Å²) in [5.41, 5.74) is 0. The summed E-state index contributed by atoms with van der Waals surface area (Å²) in [7, 11) is 0.806. The van der Waals surface area contributed by atoms with E-state index in [1.54, 1.807) is 0 Å². The first-order chi connectivity index (χ1) is 5.58. The summed E-state index contributed by atoms with van der Waals surface area (Å²) in [6, 6.07) is 0. The molecule has 5 heteroatoms. The Balaban J connectivity index is 1.82. The van der Waals surface area contributed by atoms with Crippen LogP contribution in [0.3, 0.4) is 0 Å². The van der Waals surface area contributed by atoms with Crippen LogP contribution in [-0.4, -0.2) is 40.1 Å². The maximum absolute atomic E-state index is 5.83. The quantitative estimate of drug-likeness (QED) is 0.289. The van der Waals surface area contributed by atoms with E-state index in [-0.39, 0.29) is 0 Å². The molecule has 0 saturated carbocycles. The molecule has 12 heavy (non-hydrogen) atoms. The van der Waals surface area contributed by atoms with Crippen molar-refractivity contribution in [3.8, 4) is 0 Å². The third-order valence-corrected chi connectivity index (χ3v) is 2.49. The second kappa shape index (κ2) is 4.82. The summed E-state index contributed by atoms with van der Waals surface area (Å²) in [5.74, 6) is 0. The molecule has 0 radical (unpaired) electrons. The SMILES string of the molecule is [SiH3]C(Cl)(Cl)CCCOCC1CO1. The average molecular weight is 229 g/mol. The molecule has 0 aliphatic carbocycles. The van der Waals surface area contributed by atoms with Crippen LogP contribution in [0.5, 0.6) is 0 Å². The smallest absolute Gasteiger partial charge is 0.104 e. The highest BCUT2D eigenvalue weighted by Crippen LogP contribution is 2.22. The van der Waals surface area contributed by atoms with Gasteiger partial charge in [0.15, 0.2) is 0 Å². The Morgan fingerprint density at radius 2 is 2.25 bits per heavy atom. The summed E-state index contributed by atoms with van der Waals surface area (Å²) < 4.78 is 9.84. The van der Waals surface area contributed by atoms with Crippen LogP contribution in [0.1, 0.15) is 12.8 Å². The first-order valence-electron chi connectivity index (χ1n) is 4.15. The van der Waals surface area contributed by atoms with Gasteiger partial charge in [0.25, 0.3) is 0 Å². The minimum atomic E-state index is -0.473. The van der Waals surface area contributed by atoms with E-state index < -0.39 is 3.96 Å². The van der Waals surface area contributed by atoms with Gasteiger partial charge in [0.1, 0.15) is 6.10 Å². The van der Waals surface area contributed by atoms with Gasteiger partial charge in [0, 0.05) is 16.8 Å². The Kier molecular flexibility index (Phi) is 4.33. The number of halogens is 2. The Morgan fingerprint density at radius 3 is 2.75 bits per heavy atom. The zero-order chi connectivity index (χ0) is 9.03. The van der Waals surface area contributed by atoms with Crippen molar-refractivity contribution in [1.29, 1.82) is 0 Å². The van der Waals surface area contributed by atoms with Crippen molar-refractivity contribution in [3.05, 3.63) is 0 Å². The van der Waals surface area contributed by atoms with Gasteiger partial charge in [0.2, 0.25) is 0 Å². The molecule has 0 aromatic heterocycles. The first-order valence-corrected chi connectivity index (χ1v) is 5.91. The van der Waals surface area contributed by atoms with Crippen molar-refractivity contribution in [2.45, 2.75) is 22.9 Å². The fourth-order valence-electron chi connectivity index (χ4n) is 0.864. The normalized spacial score (nSPS) is 23.0. The fourth-order valence-corrected chi connectivity index (χ4v) is 1.48. The molecule has 0 N–H and O–H groups in total. The van der Waals surface area contributed by atoms with Crippen molar-refractivity contribution in [1.82, 2.24) is 0 Å². The Hall–Kier alpha value is 0.717. The molecular formula is C7H14Cl2O2Si. The number of hydrogen-bond donors (Lipinski definition) is 0. The van der Waals surface area contributed by atoms with Gasteiger partial charge in [-0.2, -0.15) is 0 Å². The lowest BCUT2D eigenvalue weighted by atomic mass is 10.3. The average Bonchev–Trinajstić information content (AvgIpc) is 2.68. The lowest BCUT2D eigenvalue weighted by molar-refractivity contribution is 0.113. The summed E-state index contributed by atoms with van der Waals surface area (Å²) in [4.78, 5) is 0. The van der Waals surface area contributed by atoms with E-state index in [2.05, 4.69) is 0 Å². The number of rotatable bonds is 6. The van der Waals surface area contributed by atoms with Gasteiger partial charge in [-0.25, -0.2) is 0 Å². The monoisotopic (exact) mass is 228 g/mol. The second-order valence-electron chi connectivity index (χ2n) is 3.20. The van der Waals surface area contributed by atoms with E-state index in [0.717, 1.165) is 42.9 Å². The molecule has 72 valence electrons. The van der Waals surface area contributed by atoms with Crippen molar-refractivity contribution in [3.63, 3.8) is 0 Å². The second-order valence-corrected chi connectivity index (χ2v) is 8.04. The predicted octanol–water partition coefficient (Wildman–Crippen LogP) is 0.679. The minimum Gasteiger partial charge on any atom is -0.379 e. The molecule has 1 fully saturated rings. The Bertz CT molecular complexity index is 134. The predicted molar refractivity (Wildman–Crippen MR) is 54.2 cm³/mol. The fraction of sp³-hybridized carbons (Fsp3) is 1.00. The zero-order valence-corrected chi connectivity index (χ0v) is 10.7. The third kappa shape index (κ3) is 6.26. The van der Waals surface area contributed by atoms with Gasteiger partial charge in [-0.15, -0.1) is 23.2 Å².